The lowest BCUT2D eigenvalue weighted by Gasteiger charge is -2.36. The monoisotopic (exact) mass is 346 g/mol. The van der Waals surface area contributed by atoms with Gasteiger partial charge in [-0.1, -0.05) is 6.07 Å². The molecule has 1 aliphatic rings. The van der Waals surface area contributed by atoms with Gasteiger partial charge in [-0.15, -0.1) is 0 Å². The van der Waals surface area contributed by atoms with Crippen LogP contribution in [-0.2, 0) is 11.2 Å². The molecule has 0 saturated carbocycles. The Bertz CT molecular complexity index is 498. The summed E-state index contributed by atoms with van der Waals surface area (Å²) in [5.41, 5.74) is 1.31. The van der Waals surface area contributed by atoms with Crippen molar-refractivity contribution in [1.82, 2.24) is 20.1 Å². The topological polar surface area (TPSA) is 48.5 Å². The lowest BCUT2D eigenvalue weighted by atomic mass is 9.91. The number of likely N-dealkylation sites (N-methyl/N-ethyl adjacent to an activating group) is 1. The third-order valence-corrected chi connectivity index (χ3v) is 5.19. The maximum Gasteiger partial charge on any atom is 0.220 e. The summed E-state index contributed by atoms with van der Waals surface area (Å²) in [5.74, 6) is 0.899. The second kappa shape index (κ2) is 10.5. The van der Waals surface area contributed by atoms with Crippen molar-refractivity contribution < 1.29 is 4.79 Å². The average Bonchev–Trinajstić information content (AvgIpc) is 2.61. The summed E-state index contributed by atoms with van der Waals surface area (Å²) in [7, 11) is 4.05. The summed E-state index contributed by atoms with van der Waals surface area (Å²) < 4.78 is 0. The highest BCUT2D eigenvalue weighted by Gasteiger charge is 2.23. The molecular formula is C20H34N4O. The number of piperidine rings is 1. The van der Waals surface area contributed by atoms with Gasteiger partial charge < -0.3 is 15.1 Å². The van der Waals surface area contributed by atoms with E-state index in [0.717, 1.165) is 39.0 Å². The van der Waals surface area contributed by atoms with E-state index in [2.05, 4.69) is 33.1 Å². The minimum Gasteiger partial charge on any atom is -0.355 e. The highest BCUT2D eigenvalue weighted by molar-refractivity contribution is 5.75. The van der Waals surface area contributed by atoms with Gasteiger partial charge in [0.2, 0.25) is 5.91 Å². The number of amides is 1. The van der Waals surface area contributed by atoms with E-state index in [1.54, 1.807) is 0 Å². The molecule has 1 amide bonds. The van der Waals surface area contributed by atoms with E-state index < -0.39 is 0 Å². The van der Waals surface area contributed by atoms with Crippen LogP contribution in [0.2, 0.25) is 0 Å². The zero-order valence-corrected chi connectivity index (χ0v) is 16.1. The number of carbonyl (C=O) groups excluding carboxylic acids is 1. The molecule has 1 saturated heterocycles. The molecule has 0 aromatic carbocycles. The van der Waals surface area contributed by atoms with Crippen LogP contribution in [0.1, 0.15) is 38.2 Å². The Hall–Kier alpha value is -1.46. The standard InChI is InChI=1S/C20H34N4O/c1-17(15-19-5-4-10-21-16-19)24-12-8-18(9-13-24)6-7-20(25)22-11-14-23(2)3/h4-5,10,16-18H,6-9,11-15H2,1-3H3,(H,22,25). The minimum atomic E-state index is 0.203. The van der Waals surface area contributed by atoms with Crippen molar-refractivity contribution in [2.45, 2.75) is 45.1 Å². The molecule has 0 bridgehead atoms. The van der Waals surface area contributed by atoms with Gasteiger partial charge in [-0.05, 0) is 77.3 Å². The predicted octanol–water partition coefficient (Wildman–Crippen LogP) is 2.18. The van der Waals surface area contributed by atoms with Gasteiger partial charge in [0.25, 0.3) is 0 Å². The van der Waals surface area contributed by atoms with E-state index in [1.807, 2.05) is 32.6 Å². The summed E-state index contributed by atoms with van der Waals surface area (Å²) >= 11 is 0. The van der Waals surface area contributed by atoms with Crippen molar-refractivity contribution in [3.8, 4) is 0 Å². The number of nitrogens with one attached hydrogen (secondary N) is 1. The first-order valence-electron chi connectivity index (χ1n) is 9.59. The fourth-order valence-electron chi connectivity index (χ4n) is 3.51. The molecule has 25 heavy (non-hydrogen) atoms. The van der Waals surface area contributed by atoms with Crippen LogP contribution in [0.5, 0.6) is 0 Å². The van der Waals surface area contributed by atoms with Gasteiger partial charge in [0.1, 0.15) is 0 Å². The van der Waals surface area contributed by atoms with E-state index >= 15 is 0 Å². The summed E-state index contributed by atoms with van der Waals surface area (Å²) in [6, 6.07) is 4.72. The Balaban J connectivity index is 1.61. The summed E-state index contributed by atoms with van der Waals surface area (Å²) in [6.45, 7) is 6.25. The molecule has 140 valence electrons. The molecule has 0 aliphatic carbocycles. The van der Waals surface area contributed by atoms with Crippen molar-refractivity contribution in [2.75, 3.05) is 40.3 Å². The van der Waals surface area contributed by atoms with Crippen LogP contribution in [0, 0.1) is 5.92 Å². The molecule has 0 spiro atoms. The molecule has 5 heteroatoms. The largest absolute Gasteiger partial charge is 0.355 e. The minimum absolute atomic E-state index is 0.203. The summed E-state index contributed by atoms with van der Waals surface area (Å²) in [4.78, 5) is 20.8. The number of likely N-dealkylation sites (tertiary alicyclic amines) is 1. The average molecular weight is 347 g/mol. The molecule has 5 nitrogen and oxygen atoms in total. The molecule has 2 heterocycles. The van der Waals surface area contributed by atoms with Crippen LogP contribution in [0.3, 0.4) is 0 Å². The quantitative estimate of drug-likeness (QED) is 0.745. The third kappa shape index (κ3) is 7.53. The van der Waals surface area contributed by atoms with Crippen LogP contribution in [-0.4, -0.2) is 67.0 Å². The van der Waals surface area contributed by atoms with Crippen LogP contribution in [0.25, 0.3) is 0 Å². The molecule has 1 aromatic rings. The maximum absolute atomic E-state index is 11.9. The summed E-state index contributed by atoms with van der Waals surface area (Å²) in [5, 5.41) is 3.01. The Morgan fingerprint density at radius 3 is 2.80 bits per heavy atom. The lowest BCUT2D eigenvalue weighted by Crippen LogP contribution is -2.41. The first-order valence-corrected chi connectivity index (χ1v) is 9.59. The molecule has 1 atom stereocenters. The number of carbonyl (C=O) groups is 1. The van der Waals surface area contributed by atoms with E-state index in [-0.39, 0.29) is 5.91 Å². The number of rotatable bonds is 9. The molecule has 1 aliphatic heterocycles. The first-order chi connectivity index (χ1) is 12.0. The van der Waals surface area contributed by atoms with Crippen LogP contribution < -0.4 is 5.32 Å². The highest BCUT2D eigenvalue weighted by atomic mass is 16.1. The molecule has 2 rings (SSSR count). The Labute approximate surface area is 152 Å². The SMILES string of the molecule is CC(Cc1cccnc1)N1CCC(CCC(=O)NCCN(C)C)CC1. The second-order valence-electron chi connectivity index (χ2n) is 7.59. The van der Waals surface area contributed by atoms with Gasteiger partial charge in [0.15, 0.2) is 0 Å². The van der Waals surface area contributed by atoms with E-state index in [1.165, 1.54) is 18.4 Å². The van der Waals surface area contributed by atoms with Crippen LogP contribution >= 0.6 is 0 Å². The van der Waals surface area contributed by atoms with Gasteiger partial charge in [-0.2, -0.15) is 0 Å². The van der Waals surface area contributed by atoms with Crippen molar-refractivity contribution in [1.29, 1.82) is 0 Å². The number of aromatic nitrogens is 1. The van der Waals surface area contributed by atoms with E-state index in [4.69, 9.17) is 0 Å². The van der Waals surface area contributed by atoms with E-state index in [9.17, 15) is 4.79 Å². The number of pyridine rings is 1. The molecule has 1 aromatic heterocycles. The van der Waals surface area contributed by atoms with Crippen molar-refractivity contribution in [3.63, 3.8) is 0 Å². The van der Waals surface area contributed by atoms with Gasteiger partial charge >= 0.3 is 0 Å². The molecular weight excluding hydrogens is 312 g/mol. The summed E-state index contributed by atoms with van der Waals surface area (Å²) in [6.07, 6.45) is 8.98. The van der Waals surface area contributed by atoms with Gasteiger partial charge in [-0.3, -0.25) is 9.78 Å². The molecule has 1 unspecified atom stereocenters. The smallest absolute Gasteiger partial charge is 0.220 e. The van der Waals surface area contributed by atoms with E-state index in [0.29, 0.717) is 18.4 Å². The molecule has 1 N–H and O–H groups in total. The predicted molar refractivity (Wildman–Crippen MR) is 102 cm³/mol. The lowest BCUT2D eigenvalue weighted by molar-refractivity contribution is -0.121. The van der Waals surface area contributed by atoms with Gasteiger partial charge in [0.05, 0.1) is 0 Å². The van der Waals surface area contributed by atoms with Crippen molar-refractivity contribution in [3.05, 3.63) is 30.1 Å². The fourth-order valence-corrected chi connectivity index (χ4v) is 3.51. The van der Waals surface area contributed by atoms with Crippen LogP contribution in [0.15, 0.2) is 24.5 Å². The zero-order chi connectivity index (χ0) is 18.1. The maximum atomic E-state index is 11.9. The third-order valence-electron chi connectivity index (χ3n) is 5.19. The van der Waals surface area contributed by atoms with Crippen molar-refractivity contribution >= 4 is 5.91 Å². The zero-order valence-electron chi connectivity index (χ0n) is 16.1. The van der Waals surface area contributed by atoms with Crippen LogP contribution in [0.4, 0.5) is 0 Å². The Morgan fingerprint density at radius 2 is 2.16 bits per heavy atom. The number of nitrogens with zero attached hydrogens (tertiary/aromatic N) is 3. The Kier molecular flexibility index (Phi) is 8.35. The molecule has 0 radical (unpaired) electrons. The van der Waals surface area contributed by atoms with Gasteiger partial charge in [0, 0.05) is 37.9 Å². The first kappa shape index (κ1) is 19.9. The molecule has 1 fully saturated rings. The Morgan fingerprint density at radius 1 is 1.40 bits per heavy atom. The van der Waals surface area contributed by atoms with Crippen molar-refractivity contribution in [2.24, 2.45) is 5.92 Å². The second-order valence-corrected chi connectivity index (χ2v) is 7.59. The highest BCUT2D eigenvalue weighted by Crippen LogP contribution is 2.24. The fraction of sp³-hybridized carbons (Fsp3) is 0.700. The normalized spacial score (nSPS) is 17.6. The number of hydrogen-bond acceptors (Lipinski definition) is 4. The number of hydrogen-bond donors (Lipinski definition) is 1. The van der Waals surface area contributed by atoms with Gasteiger partial charge in [-0.25, -0.2) is 0 Å².